The summed E-state index contributed by atoms with van der Waals surface area (Å²) >= 11 is 0. The molecule has 0 aliphatic carbocycles. The Bertz CT molecular complexity index is 628. The first-order valence-electron chi connectivity index (χ1n) is 7.70. The van der Waals surface area contributed by atoms with E-state index in [2.05, 4.69) is 25.5 Å². The number of nitrogens with one attached hydrogen (secondary N) is 3. The summed E-state index contributed by atoms with van der Waals surface area (Å²) in [5.74, 6) is 1.08. The molecule has 0 unspecified atom stereocenters. The van der Waals surface area contributed by atoms with Gasteiger partial charge in [-0.25, -0.2) is 14.2 Å². The van der Waals surface area contributed by atoms with Crippen molar-refractivity contribution in [3.63, 3.8) is 0 Å². The molecule has 2 amide bonds. The summed E-state index contributed by atoms with van der Waals surface area (Å²) < 4.78 is 12.8. The summed E-state index contributed by atoms with van der Waals surface area (Å²) in [5.41, 5.74) is 0.578. The number of hydrogen-bond donors (Lipinski definition) is 3. The molecule has 1 aromatic carbocycles. The molecule has 1 aliphatic rings. The molecule has 23 heavy (non-hydrogen) atoms. The SMILES string of the molecule is O=C(NC[C@H]1CCN(Cc2ncc[nH]2)C1)Nc1ccc(F)cc1. The third-order valence-electron chi connectivity index (χ3n) is 3.95. The highest BCUT2D eigenvalue weighted by Gasteiger charge is 2.23. The van der Waals surface area contributed by atoms with Crippen molar-refractivity contribution < 1.29 is 9.18 Å². The van der Waals surface area contributed by atoms with Crippen molar-refractivity contribution in [2.75, 3.05) is 25.0 Å². The van der Waals surface area contributed by atoms with Crippen LogP contribution < -0.4 is 10.6 Å². The summed E-state index contributed by atoms with van der Waals surface area (Å²) in [6, 6.07) is 5.45. The monoisotopic (exact) mass is 317 g/mol. The number of amides is 2. The molecule has 3 N–H and O–H groups in total. The van der Waals surface area contributed by atoms with E-state index in [9.17, 15) is 9.18 Å². The maximum absolute atomic E-state index is 12.8. The number of aromatic amines is 1. The van der Waals surface area contributed by atoms with Crippen molar-refractivity contribution in [3.05, 3.63) is 48.3 Å². The average molecular weight is 317 g/mol. The minimum absolute atomic E-state index is 0.263. The van der Waals surface area contributed by atoms with Gasteiger partial charge in [-0.2, -0.15) is 0 Å². The first-order chi connectivity index (χ1) is 11.2. The van der Waals surface area contributed by atoms with E-state index >= 15 is 0 Å². The Balaban J connectivity index is 1.38. The van der Waals surface area contributed by atoms with Crippen LogP contribution in [0.4, 0.5) is 14.9 Å². The fraction of sp³-hybridized carbons (Fsp3) is 0.375. The molecule has 1 saturated heterocycles. The number of aromatic nitrogens is 2. The van der Waals surface area contributed by atoms with Crippen LogP contribution in [0.5, 0.6) is 0 Å². The van der Waals surface area contributed by atoms with Crippen LogP contribution in [0, 0.1) is 11.7 Å². The maximum atomic E-state index is 12.8. The molecule has 6 nitrogen and oxygen atoms in total. The molecule has 1 fully saturated rings. The maximum Gasteiger partial charge on any atom is 0.319 e. The Morgan fingerprint density at radius 3 is 2.96 bits per heavy atom. The van der Waals surface area contributed by atoms with E-state index in [4.69, 9.17) is 0 Å². The van der Waals surface area contributed by atoms with Crippen molar-refractivity contribution >= 4 is 11.7 Å². The normalized spacial score (nSPS) is 18.0. The quantitative estimate of drug-likeness (QED) is 0.791. The molecule has 0 bridgehead atoms. The number of nitrogens with zero attached hydrogens (tertiary/aromatic N) is 2. The second-order valence-electron chi connectivity index (χ2n) is 5.77. The van der Waals surface area contributed by atoms with Gasteiger partial charge in [0.25, 0.3) is 0 Å². The van der Waals surface area contributed by atoms with E-state index in [0.717, 1.165) is 31.9 Å². The van der Waals surface area contributed by atoms with Crippen molar-refractivity contribution in [1.29, 1.82) is 0 Å². The van der Waals surface area contributed by atoms with Crippen LogP contribution >= 0.6 is 0 Å². The van der Waals surface area contributed by atoms with E-state index < -0.39 is 0 Å². The molecule has 7 heteroatoms. The Labute approximate surface area is 134 Å². The zero-order valence-electron chi connectivity index (χ0n) is 12.8. The zero-order chi connectivity index (χ0) is 16.1. The molecule has 3 rings (SSSR count). The van der Waals surface area contributed by atoms with Crippen molar-refractivity contribution in [1.82, 2.24) is 20.2 Å². The second-order valence-corrected chi connectivity index (χ2v) is 5.77. The van der Waals surface area contributed by atoms with Crippen LogP contribution in [0.25, 0.3) is 0 Å². The lowest BCUT2D eigenvalue weighted by Crippen LogP contribution is -2.34. The predicted octanol–water partition coefficient (Wildman–Crippen LogP) is 2.19. The van der Waals surface area contributed by atoms with E-state index in [1.165, 1.54) is 24.3 Å². The lowest BCUT2D eigenvalue weighted by atomic mass is 10.1. The standard InChI is InChI=1S/C16H20FN5O/c17-13-1-3-14(4-2-13)21-16(23)20-9-12-5-8-22(10-12)11-15-18-6-7-19-15/h1-4,6-7,12H,5,8-11H2,(H,18,19)(H2,20,21,23)/t12-/m1/s1. The molecule has 2 aromatic rings. The van der Waals surface area contributed by atoms with Gasteiger partial charge in [0.1, 0.15) is 11.6 Å². The molecule has 1 aliphatic heterocycles. The molecule has 0 radical (unpaired) electrons. The van der Waals surface area contributed by atoms with Crippen LogP contribution in [0.2, 0.25) is 0 Å². The number of halogens is 1. The van der Waals surface area contributed by atoms with Gasteiger partial charge in [-0.3, -0.25) is 4.90 Å². The molecular weight excluding hydrogens is 297 g/mol. The number of carbonyl (C=O) groups is 1. The summed E-state index contributed by atoms with van der Waals surface area (Å²) in [7, 11) is 0. The van der Waals surface area contributed by atoms with Crippen LogP contribution in [-0.4, -0.2) is 40.5 Å². The number of carbonyl (C=O) groups excluding carboxylic acids is 1. The minimum Gasteiger partial charge on any atom is -0.348 e. The van der Waals surface area contributed by atoms with E-state index in [1.807, 2.05) is 6.20 Å². The topological polar surface area (TPSA) is 73.0 Å². The van der Waals surface area contributed by atoms with Crippen LogP contribution in [0.3, 0.4) is 0 Å². The zero-order valence-corrected chi connectivity index (χ0v) is 12.8. The second kappa shape index (κ2) is 7.23. The number of H-pyrrole nitrogens is 1. The molecule has 122 valence electrons. The van der Waals surface area contributed by atoms with Gasteiger partial charge in [0, 0.05) is 31.2 Å². The van der Waals surface area contributed by atoms with Gasteiger partial charge >= 0.3 is 6.03 Å². The Kier molecular flexibility index (Phi) is 4.87. The number of anilines is 1. The van der Waals surface area contributed by atoms with Gasteiger partial charge in [-0.05, 0) is 43.1 Å². The predicted molar refractivity (Wildman–Crippen MR) is 85.4 cm³/mol. The molecule has 1 aromatic heterocycles. The summed E-state index contributed by atoms with van der Waals surface area (Å²) in [5, 5.41) is 5.57. The van der Waals surface area contributed by atoms with Gasteiger partial charge in [0.15, 0.2) is 0 Å². The highest BCUT2D eigenvalue weighted by atomic mass is 19.1. The summed E-state index contributed by atoms with van der Waals surface area (Å²) in [6.07, 6.45) is 4.63. The largest absolute Gasteiger partial charge is 0.348 e. The van der Waals surface area contributed by atoms with E-state index in [0.29, 0.717) is 18.2 Å². The Hall–Kier alpha value is -2.41. The van der Waals surface area contributed by atoms with Crippen LogP contribution in [-0.2, 0) is 6.54 Å². The van der Waals surface area contributed by atoms with Crippen molar-refractivity contribution in [2.24, 2.45) is 5.92 Å². The van der Waals surface area contributed by atoms with Gasteiger partial charge in [0.2, 0.25) is 0 Å². The summed E-state index contributed by atoms with van der Waals surface area (Å²) in [6.45, 7) is 3.39. The smallest absolute Gasteiger partial charge is 0.319 e. The third kappa shape index (κ3) is 4.53. The van der Waals surface area contributed by atoms with Gasteiger partial charge in [-0.1, -0.05) is 0 Å². The van der Waals surface area contributed by atoms with E-state index in [-0.39, 0.29) is 11.8 Å². The molecule has 0 spiro atoms. The van der Waals surface area contributed by atoms with Gasteiger partial charge < -0.3 is 15.6 Å². The van der Waals surface area contributed by atoms with Gasteiger partial charge in [0.05, 0.1) is 6.54 Å². The Morgan fingerprint density at radius 2 is 2.22 bits per heavy atom. The fourth-order valence-corrected chi connectivity index (χ4v) is 2.76. The lowest BCUT2D eigenvalue weighted by molar-refractivity contribution is 0.249. The van der Waals surface area contributed by atoms with Crippen LogP contribution in [0.15, 0.2) is 36.7 Å². The highest BCUT2D eigenvalue weighted by molar-refractivity contribution is 5.89. The first-order valence-corrected chi connectivity index (χ1v) is 7.70. The number of benzene rings is 1. The Morgan fingerprint density at radius 1 is 1.39 bits per heavy atom. The van der Waals surface area contributed by atoms with Crippen LogP contribution in [0.1, 0.15) is 12.2 Å². The molecular formula is C16H20FN5O. The number of likely N-dealkylation sites (tertiary alicyclic amines) is 1. The molecule has 2 heterocycles. The lowest BCUT2D eigenvalue weighted by Gasteiger charge is -2.15. The van der Waals surface area contributed by atoms with Crippen molar-refractivity contribution in [3.8, 4) is 0 Å². The summed E-state index contributed by atoms with van der Waals surface area (Å²) in [4.78, 5) is 21.5. The third-order valence-corrected chi connectivity index (χ3v) is 3.95. The minimum atomic E-state index is -0.321. The molecule has 0 saturated carbocycles. The number of hydrogen-bond acceptors (Lipinski definition) is 3. The van der Waals surface area contributed by atoms with E-state index in [1.54, 1.807) is 6.20 Å². The number of rotatable bonds is 5. The average Bonchev–Trinajstić information content (AvgIpc) is 3.20. The van der Waals surface area contributed by atoms with Crippen molar-refractivity contribution in [2.45, 2.75) is 13.0 Å². The van der Waals surface area contributed by atoms with Gasteiger partial charge in [-0.15, -0.1) is 0 Å². The number of imidazole rings is 1. The number of urea groups is 1. The molecule has 1 atom stereocenters. The first kappa shape index (κ1) is 15.5. The fourth-order valence-electron chi connectivity index (χ4n) is 2.76. The highest BCUT2D eigenvalue weighted by Crippen LogP contribution is 2.17.